The lowest BCUT2D eigenvalue weighted by Crippen LogP contribution is -2.23. The van der Waals surface area contributed by atoms with E-state index in [0.29, 0.717) is 12.4 Å². The van der Waals surface area contributed by atoms with E-state index in [1.165, 1.54) is 4.88 Å². The van der Waals surface area contributed by atoms with Gasteiger partial charge in [-0.25, -0.2) is 0 Å². The van der Waals surface area contributed by atoms with Crippen LogP contribution in [0.3, 0.4) is 0 Å². The van der Waals surface area contributed by atoms with Crippen molar-refractivity contribution in [2.45, 2.75) is 19.9 Å². The second-order valence-corrected chi connectivity index (χ2v) is 5.00. The molecule has 94 valence electrons. The molecule has 0 aromatic carbocycles. The molecule has 0 aliphatic carbocycles. The van der Waals surface area contributed by atoms with Crippen LogP contribution in [-0.4, -0.2) is 16.1 Å². The summed E-state index contributed by atoms with van der Waals surface area (Å²) < 4.78 is 0. The first-order valence-electron chi connectivity index (χ1n) is 5.64. The summed E-state index contributed by atoms with van der Waals surface area (Å²) >= 11 is 1.70. The van der Waals surface area contributed by atoms with Crippen molar-refractivity contribution in [1.82, 2.24) is 15.5 Å². The molecule has 2 aromatic rings. The summed E-state index contributed by atoms with van der Waals surface area (Å²) in [4.78, 5) is 14.2. The third-order valence-corrected chi connectivity index (χ3v) is 3.64. The summed E-state index contributed by atoms with van der Waals surface area (Å²) in [5.41, 5.74) is 5.68. The Labute approximate surface area is 109 Å². The van der Waals surface area contributed by atoms with Gasteiger partial charge in [0.05, 0.1) is 6.54 Å². The zero-order valence-electron chi connectivity index (χ0n) is 10.0. The number of amides is 1. The van der Waals surface area contributed by atoms with Crippen LogP contribution >= 0.6 is 11.3 Å². The van der Waals surface area contributed by atoms with Crippen molar-refractivity contribution >= 4 is 23.1 Å². The molecule has 0 bridgehead atoms. The molecule has 0 aliphatic heterocycles. The molecule has 5 nitrogen and oxygen atoms in total. The van der Waals surface area contributed by atoms with E-state index in [9.17, 15) is 4.79 Å². The predicted molar refractivity (Wildman–Crippen MR) is 71.3 cm³/mol. The van der Waals surface area contributed by atoms with E-state index in [2.05, 4.69) is 28.5 Å². The third kappa shape index (κ3) is 3.04. The Kier molecular flexibility index (Phi) is 3.88. The summed E-state index contributed by atoms with van der Waals surface area (Å²) in [6.07, 6.45) is 1.02. The van der Waals surface area contributed by atoms with Crippen molar-refractivity contribution in [3.05, 3.63) is 39.7 Å². The molecular weight excluding hydrogens is 248 g/mol. The zero-order valence-corrected chi connectivity index (χ0v) is 10.8. The van der Waals surface area contributed by atoms with Gasteiger partial charge in [-0.2, -0.15) is 0 Å². The Bertz CT molecular complexity index is 535. The van der Waals surface area contributed by atoms with Gasteiger partial charge in [-0.3, -0.25) is 4.79 Å². The molecule has 2 aromatic heterocycles. The van der Waals surface area contributed by atoms with Gasteiger partial charge in [-0.05, 0) is 30.7 Å². The fourth-order valence-electron chi connectivity index (χ4n) is 1.43. The van der Waals surface area contributed by atoms with Crippen molar-refractivity contribution in [3.63, 3.8) is 0 Å². The average molecular weight is 262 g/mol. The zero-order chi connectivity index (χ0) is 13.0. The number of rotatable bonds is 4. The highest BCUT2D eigenvalue weighted by atomic mass is 32.1. The average Bonchev–Trinajstić information content (AvgIpc) is 2.85. The summed E-state index contributed by atoms with van der Waals surface area (Å²) in [5.74, 6) is 0.0614. The molecule has 3 N–H and O–H groups in total. The van der Waals surface area contributed by atoms with Gasteiger partial charge >= 0.3 is 0 Å². The predicted octanol–water partition coefficient (Wildman–Crippen LogP) is 1.61. The van der Waals surface area contributed by atoms with E-state index < -0.39 is 0 Å². The number of hydrogen-bond donors (Lipinski definition) is 2. The number of anilines is 1. The summed E-state index contributed by atoms with van der Waals surface area (Å²) in [5, 5.41) is 10.2. The van der Waals surface area contributed by atoms with Gasteiger partial charge < -0.3 is 11.1 Å². The van der Waals surface area contributed by atoms with Crippen molar-refractivity contribution in [1.29, 1.82) is 0 Å². The minimum absolute atomic E-state index is 0.242. The number of aromatic nitrogens is 2. The van der Waals surface area contributed by atoms with Gasteiger partial charge in [0.1, 0.15) is 5.82 Å². The van der Waals surface area contributed by atoms with E-state index in [0.717, 1.165) is 11.3 Å². The number of nitrogens with two attached hydrogens (primary N) is 1. The highest BCUT2D eigenvalue weighted by molar-refractivity contribution is 7.11. The third-order valence-electron chi connectivity index (χ3n) is 2.41. The molecule has 0 unspecified atom stereocenters. The van der Waals surface area contributed by atoms with Crippen LogP contribution in [0.15, 0.2) is 24.3 Å². The maximum absolute atomic E-state index is 11.8. The van der Waals surface area contributed by atoms with Crippen molar-refractivity contribution in [3.8, 4) is 0 Å². The Morgan fingerprint density at radius 3 is 2.67 bits per heavy atom. The van der Waals surface area contributed by atoms with Crippen LogP contribution in [-0.2, 0) is 13.0 Å². The van der Waals surface area contributed by atoms with Gasteiger partial charge in [0.15, 0.2) is 5.69 Å². The largest absolute Gasteiger partial charge is 0.382 e. The number of aryl methyl sites for hydroxylation is 1. The summed E-state index contributed by atoms with van der Waals surface area (Å²) in [6, 6.07) is 7.22. The van der Waals surface area contributed by atoms with Crippen molar-refractivity contribution in [2.75, 3.05) is 5.73 Å². The number of carbonyl (C=O) groups excluding carboxylic acids is 1. The van der Waals surface area contributed by atoms with Gasteiger partial charge in [-0.15, -0.1) is 21.5 Å². The van der Waals surface area contributed by atoms with Gasteiger partial charge in [0.25, 0.3) is 5.91 Å². The van der Waals surface area contributed by atoms with Crippen LogP contribution in [0.4, 0.5) is 5.82 Å². The summed E-state index contributed by atoms with van der Waals surface area (Å²) in [7, 11) is 0. The van der Waals surface area contributed by atoms with Crippen molar-refractivity contribution in [2.24, 2.45) is 0 Å². The molecule has 0 aliphatic rings. The monoisotopic (exact) mass is 262 g/mol. The molecule has 6 heteroatoms. The number of hydrogen-bond acceptors (Lipinski definition) is 5. The lowest BCUT2D eigenvalue weighted by atomic mass is 10.3. The van der Waals surface area contributed by atoms with Crippen LogP contribution in [0.2, 0.25) is 0 Å². The number of nitrogen functional groups attached to an aromatic ring is 1. The van der Waals surface area contributed by atoms with Gasteiger partial charge in [0.2, 0.25) is 0 Å². The highest BCUT2D eigenvalue weighted by Gasteiger charge is 2.08. The first-order valence-corrected chi connectivity index (χ1v) is 6.45. The van der Waals surface area contributed by atoms with Crippen LogP contribution in [0, 0.1) is 0 Å². The molecule has 2 rings (SSSR count). The smallest absolute Gasteiger partial charge is 0.272 e. The van der Waals surface area contributed by atoms with Gasteiger partial charge in [0, 0.05) is 9.75 Å². The minimum atomic E-state index is -0.242. The number of carbonyl (C=O) groups is 1. The first kappa shape index (κ1) is 12.5. The molecule has 0 saturated carbocycles. The quantitative estimate of drug-likeness (QED) is 0.877. The molecular formula is C12H14N4OS. The molecule has 0 fully saturated rings. The first-order chi connectivity index (χ1) is 8.69. The summed E-state index contributed by atoms with van der Waals surface area (Å²) in [6.45, 7) is 2.62. The Hall–Kier alpha value is -1.95. The SMILES string of the molecule is CCc1ccc(CNC(=O)c2ccc(N)nn2)s1. The van der Waals surface area contributed by atoms with E-state index in [1.807, 2.05) is 6.07 Å². The Morgan fingerprint density at radius 2 is 2.06 bits per heavy atom. The standard InChI is InChI=1S/C12H14N4OS/c1-2-8-3-4-9(18-8)7-14-12(17)10-5-6-11(13)16-15-10/h3-6H,2,7H2,1H3,(H2,13,16)(H,14,17). The second-order valence-electron chi connectivity index (χ2n) is 3.75. The highest BCUT2D eigenvalue weighted by Crippen LogP contribution is 2.16. The normalized spacial score (nSPS) is 10.3. The maximum atomic E-state index is 11.8. The van der Waals surface area contributed by atoms with Crippen molar-refractivity contribution < 1.29 is 4.79 Å². The lowest BCUT2D eigenvalue weighted by molar-refractivity contribution is 0.0945. The minimum Gasteiger partial charge on any atom is -0.382 e. The van der Waals surface area contributed by atoms with Gasteiger partial charge in [-0.1, -0.05) is 6.92 Å². The van der Waals surface area contributed by atoms with E-state index >= 15 is 0 Å². The van der Waals surface area contributed by atoms with Crippen LogP contribution < -0.4 is 11.1 Å². The molecule has 1 amide bonds. The van der Waals surface area contributed by atoms with E-state index in [1.54, 1.807) is 23.5 Å². The Balaban J connectivity index is 1.93. The van der Waals surface area contributed by atoms with E-state index in [-0.39, 0.29) is 11.6 Å². The molecule has 0 radical (unpaired) electrons. The molecule has 0 spiro atoms. The number of nitrogens with zero attached hydrogens (tertiary/aromatic N) is 2. The fourth-order valence-corrected chi connectivity index (χ4v) is 2.33. The van der Waals surface area contributed by atoms with Crippen LogP contribution in [0.25, 0.3) is 0 Å². The Morgan fingerprint density at radius 1 is 1.28 bits per heavy atom. The topological polar surface area (TPSA) is 80.9 Å². The molecule has 2 heterocycles. The van der Waals surface area contributed by atoms with E-state index in [4.69, 9.17) is 5.73 Å². The number of nitrogens with one attached hydrogen (secondary N) is 1. The molecule has 18 heavy (non-hydrogen) atoms. The fraction of sp³-hybridized carbons (Fsp3) is 0.250. The maximum Gasteiger partial charge on any atom is 0.272 e. The van der Waals surface area contributed by atoms with Crippen LogP contribution in [0.5, 0.6) is 0 Å². The number of thiophene rings is 1. The second kappa shape index (κ2) is 5.59. The van der Waals surface area contributed by atoms with Crippen LogP contribution in [0.1, 0.15) is 27.2 Å². The molecule has 0 saturated heterocycles. The molecule has 0 atom stereocenters. The lowest BCUT2D eigenvalue weighted by Gasteiger charge is -2.02.